The number of nitrogens with one attached hydrogen (secondary N) is 1. The lowest BCUT2D eigenvalue weighted by atomic mass is 9.95. The number of hydrogen-bond donors (Lipinski definition) is 1. The molecule has 3 rings (SSSR count). The van der Waals surface area contributed by atoms with Crippen molar-refractivity contribution in [1.82, 2.24) is 10.2 Å². The van der Waals surface area contributed by atoms with E-state index < -0.39 is 16.1 Å². The quantitative estimate of drug-likeness (QED) is 0.368. The molecule has 0 aliphatic heterocycles. The third-order valence-corrected chi connectivity index (χ3v) is 8.86. The minimum absolute atomic E-state index is 0.0836. The molecule has 1 aliphatic rings. The van der Waals surface area contributed by atoms with Crippen LogP contribution in [0.2, 0.25) is 10.0 Å². The molecule has 1 N–H and O–H groups in total. The van der Waals surface area contributed by atoms with Gasteiger partial charge in [-0.3, -0.25) is 13.9 Å². The molecule has 2 aromatic carbocycles. The first kappa shape index (κ1) is 30.3. The molecule has 38 heavy (non-hydrogen) atoms. The van der Waals surface area contributed by atoms with Gasteiger partial charge in [0.1, 0.15) is 6.04 Å². The van der Waals surface area contributed by atoms with Crippen LogP contribution in [0.15, 0.2) is 42.5 Å². The molecule has 0 spiro atoms. The van der Waals surface area contributed by atoms with Gasteiger partial charge in [-0.2, -0.15) is 0 Å². The summed E-state index contributed by atoms with van der Waals surface area (Å²) in [5, 5.41) is 3.90. The zero-order valence-electron chi connectivity index (χ0n) is 22.3. The fourth-order valence-electron chi connectivity index (χ4n) is 4.70. The Morgan fingerprint density at radius 1 is 1.03 bits per heavy atom. The molecule has 10 heteroatoms. The van der Waals surface area contributed by atoms with Crippen LogP contribution in [0.1, 0.15) is 63.0 Å². The van der Waals surface area contributed by atoms with Crippen molar-refractivity contribution in [3.8, 4) is 0 Å². The van der Waals surface area contributed by atoms with Crippen LogP contribution >= 0.6 is 23.2 Å². The van der Waals surface area contributed by atoms with Crippen LogP contribution in [0, 0.1) is 6.92 Å². The molecule has 1 saturated carbocycles. The number of rotatable bonds is 11. The summed E-state index contributed by atoms with van der Waals surface area (Å²) < 4.78 is 26.2. The van der Waals surface area contributed by atoms with Crippen molar-refractivity contribution >= 4 is 50.7 Å². The van der Waals surface area contributed by atoms with E-state index in [1.54, 1.807) is 37.3 Å². The summed E-state index contributed by atoms with van der Waals surface area (Å²) in [6.07, 6.45) is 6.78. The SMILES string of the molecule is Cc1ccc(N(CCCC(=O)N(Cc2ccc(Cl)c(Cl)c2)C(C)C(=O)NC2CCCCC2)S(C)(=O)=O)cc1. The maximum absolute atomic E-state index is 13.5. The molecular formula is C28H37Cl2N3O4S. The number of aryl methyl sites for hydroxylation is 1. The van der Waals surface area contributed by atoms with Crippen LogP contribution in [0.25, 0.3) is 0 Å². The molecule has 0 heterocycles. The summed E-state index contributed by atoms with van der Waals surface area (Å²) in [5.41, 5.74) is 2.33. The highest BCUT2D eigenvalue weighted by Gasteiger charge is 2.28. The summed E-state index contributed by atoms with van der Waals surface area (Å²) >= 11 is 12.3. The fraction of sp³-hybridized carbons (Fsp3) is 0.500. The smallest absolute Gasteiger partial charge is 0.242 e. The van der Waals surface area contributed by atoms with Gasteiger partial charge in [-0.05, 0) is 62.9 Å². The van der Waals surface area contributed by atoms with E-state index in [1.807, 2.05) is 19.1 Å². The second kappa shape index (κ2) is 13.7. The van der Waals surface area contributed by atoms with E-state index in [4.69, 9.17) is 23.2 Å². The highest BCUT2D eigenvalue weighted by Crippen LogP contribution is 2.25. The van der Waals surface area contributed by atoms with Gasteiger partial charge in [0.15, 0.2) is 0 Å². The van der Waals surface area contributed by atoms with Gasteiger partial charge in [0.25, 0.3) is 0 Å². The van der Waals surface area contributed by atoms with Gasteiger partial charge in [-0.25, -0.2) is 8.42 Å². The minimum atomic E-state index is -3.54. The van der Waals surface area contributed by atoms with Crippen LogP contribution in [0.4, 0.5) is 5.69 Å². The van der Waals surface area contributed by atoms with Crippen LogP contribution < -0.4 is 9.62 Å². The van der Waals surface area contributed by atoms with Crippen molar-refractivity contribution < 1.29 is 18.0 Å². The molecule has 0 saturated heterocycles. The maximum atomic E-state index is 13.5. The van der Waals surface area contributed by atoms with E-state index in [0.29, 0.717) is 22.2 Å². The third kappa shape index (κ3) is 8.61. The normalized spacial score (nSPS) is 15.1. The van der Waals surface area contributed by atoms with E-state index >= 15 is 0 Å². The average Bonchev–Trinajstić information content (AvgIpc) is 2.87. The first-order valence-corrected chi connectivity index (χ1v) is 15.6. The van der Waals surface area contributed by atoms with Crippen LogP contribution in [-0.2, 0) is 26.2 Å². The molecular weight excluding hydrogens is 545 g/mol. The van der Waals surface area contributed by atoms with E-state index in [2.05, 4.69) is 5.32 Å². The summed E-state index contributed by atoms with van der Waals surface area (Å²) in [5.74, 6) is -0.428. The Kier molecular flexibility index (Phi) is 10.9. The lowest BCUT2D eigenvalue weighted by Gasteiger charge is -2.31. The van der Waals surface area contributed by atoms with Crippen molar-refractivity contribution in [2.75, 3.05) is 17.1 Å². The summed E-state index contributed by atoms with van der Waals surface area (Å²) in [6.45, 7) is 3.99. The van der Waals surface area contributed by atoms with E-state index in [-0.39, 0.29) is 37.4 Å². The van der Waals surface area contributed by atoms with Gasteiger partial charge in [0, 0.05) is 25.6 Å². The first-order valence-electron chi connectivity index (χ1n) is 13.0. The Morgan fingerprint density at radius 2 is 1.68 bits per heavy atom. The predicted octanol–water partition coefficient (Wildman–Crippen LogP) is 5.71. The Hall–Kier alpha value is -2.29. The van der Waals surface area contributed by atoms with Crippen molar-refractivity contribution in [3.05, 3.63) is 63.6 Å². The Bertz CT molecular complexity index is 1220. The van der Waals surface area contributed by atoms with Gasteiger partial charge in [-0.15, -0.1) is 0 Å². The fourth-order valence-corrected chi connectivity index (χ4v) is 5.99. The average molecular weight is 583 g/mol. The van der Waals surface area contributed by atoms with Gasteiger partial charge in [0.2, 0.25) is 21.8 Å². The zero-order chi connectivity index (χ0) is 27.9. The number of benzene rings is 2. The second-order valence-corrected chi connectivity index (χ2v) is 12.8. The van der Waals surface area contributed by atoms with Gasteiger partial charge < -0.3 is 10.2 Å². The predicted molar refractivity (Wildman–Crippen MR) is 154 cm³/mol. The molecule has 1 unspecified atom stereocenters. The molecule has 1 atom stereocenters. The number of anilines is 1. The number of sulfonamides is 1. The number of carbonyl (C=O) groups excluding carboxylic acids is 2. The molecule has 2 aromatic rings. The maximum Gasteiger partial charge on any atom is 0.242 e. The van der Waals surface area contributed by atoms with Crippen molar-refractivity contribution in [2.24, 2.45) is 0 Å². The van der Waals surface area contributed by atoms with Crippen molar-refractivity contribution in [3.63, 3.8) is 0 Å². The minimum Gasteiger partial charge on any atom is -0.352 e. The molecule has 0 bridgehead atoms. The summed E-state index contributed by atoms with van der Waals surface area (Å²) in [7, 11) is -3.54. The second-order valence-electron chi connectivity index (χ2n) is 10.1. The van der Waals surface area contributed by atoms with Gasteiger partial charge in [0.05, 0.1) is 22.0 Å². The lowest BCUT2D eigenvalue weighted by Crippen LogP contribution is -2.50. The Balaban J connectivity index is 1.73. The largest absolute Gasteiger partial charge is 0.352 e. The monoisotopic (exact) mass is 581 g/mol. The third-order valence-electron chi connectivity index (χ3n) is 6.93. The van der Waals surface area contributed by atoms with Gasteiger partial charge in [-0.1, -0.05) is 66.2 Å². The standard InChI is InChI=1S/C28H37Cl2N3O4S/c1-20-11-14-24(15-12-20)33(38(3,36)37)17-7-10-27(34)32(19-22-13-16-25(29)26(30)18-22)21(2)28(35)31-23-8-5-4-6-9-23/h11-16,18,21,23H,4-10,17,19H2,1-3H3,(H,31,35). The van der Waals surface area contributed by atoms with Crippen molar-refractivity contribution in [1.29, 1.82) is 0 Å². The van der Waals surface area contributed by atoms with E-state index in [1.165, 1.54) is 15.6 Å². The topological polar surface area (TPSA) is 86.8 Å². The Morgan fingerprint density at radius 3 is 2.29 bits per heavy atom. The lowest BCUT2D eigenvalue weighted by molar-refractivity contribution is -0.141. The van der Waals surface area contributed by atoms with Crippen LogP contribution in [-0.4, -0.2) is 50.0 Å². The van der Waals surface area contributed by atoms with Crippen LogP contribution in [0.5, 0.6) is 0 Å². The molecule has 208 valence electrons. The van der Waals surface area contributed by atoms with Gasteiger partial charge >= 0.3 is 0 Å². The van der Waals surface area contributed by atoms with Crippen LogP contribution in [0.3, 0.4) is 0 Å². The summed E-state index contributed by atoms with van der Waals surface area (Å²) in [4.78, 5) is 28.2. The highest BCUT2D eigenvalue weighted by atomic mass is 35.5. The number of amides is 2. The molecule has 0 aromatic heterocycles. The number of carbonyl (C=O) groups is 2. The molecule has 1 fully saturated rings. The molecule has 1 aliphatic carbocycles. The molecule has 7 nitrogen and oxygen atoms in total. The summed E-state index contributed by atoms with van der Waals surface area (Å²) in [6, 6.07) is 11.8. The number of halogens is 2. The Labute approximate surface area is 236 Å². The number of nitrogens with zero attached hydrogens (tertiary/aromatic N) is 2. The van der Waals surface area contributed by atoms with E-state index in [0.717, 1.165) is 43.1 Å². The highest BCUT2D eigenvalue weighted by molar-refractivity contribution is 7.92. The molecule has 2 amide bonds. The van der Waals surface area contributed by atoms with Crippen molar-refractivity contribution in [2.45, 2.75) is 77.4 Å². The van der Waals surface area contributed by atoms with E-state index in [9.17, 15) is 18.0 Å². The first-order chi connectivity index (χ1) is 18.0. The zero-order valence-corrected chi connectivity index (χ0v) is 24.6. The molecule has 0 radical (unpaired) electrons. The number of hydrogen-bond acceptors (Lipinski definition) is 4.